The highest BCUT2D eigenvalue weighted by Crippen LogP contribution is 2.33. The number of aryl methyl sites for hydroxylation is 2. The van der Waals surface area contributed by atoms with E-state index in [4.69, 9.17) is 9.72 Å². The van der Waals surface area contributed by atoms with Gasteiger partial charge in [-0.15, -0.1) is 22.7 Å². The van der Waals surface area contributed by atoms with Crippen LogP contribution in [0, 0.1) is 13.8 Å². The van der Waals surface area contributed by atoms with Crippen LogP contribution in [0.2, 0.25) is 0 Å². The molecule has 3 nitrogen and oxygen atoms in total. The Bertz CT molecular complexity index is 575. The fourth-order valence-electron chi connectivity index (χ4n) is 2.27. The minimum Gasteiger partial charge on any atom is -0.383 e. The molecule has 21 heavy (non-hydrogen) atoms. The normalized spacial score (nSPS) is 13.0. The number of aromatic nitrogens is 1. The lowest BCUT2D eigenvalue weighted by Gasteiger charge is -2.16. The lowest BCUT2D eigenvalue weighted by Crippen LogP contribution is -2.26. The topological polar surface area (TPSA) is 34.1 Å². The van der Waals surface area contributed by atoms with E-state index in [0.717, 1.165) is 11.6 Å². The van der Waals surface area contributed by atoms with E-state index < -0.39 is 0 Å². The van der Waals surface area contributed by atoms with E-state index in [1.165, 1.54) is 21.0 Å². The molecule has 0 saturated carbocycles. The monoisotopic (exact) mass is 324 g/mol. The average Bonchev–Trinajstić information content (AvgIpc) is 3.02. The molecule has 0 radical (unpaired) electrons. The molecule has 1 atom stereocenters. The number of nitrogens with one attached hydrogen (secondary N) is 1. The summed E-state index contributed by atoms with van der Waals surface area (Å²) in [4.78, 5) is 7.55. The third-order valence-corrected chi connectivity index (χ3v) is 5.33. The minimum atomic E-state index is 0.169. The predicted molar refractivity (Wildman–Crippen MR) is 91.7 cm³/mol. The maximum Gasteiger partial charge on any atom is 0.114 e. The van der Waals surface area contributed by atoms with Crippen LogP contribution in [0.5, 0.6) is 0 Å². The highest BCUT2D eigenvalue weighted by atomic mass is 32.1. The van der Waals surface area contributed by atoms with Crippen LogP contribution in [-0.2, 0) is 4.74 Å². The van der Waals surface area contributed by atoms with Crippen LogP contribution in [0.1, 0.15) is 51.8 Å². The van der Waals surface area contributed by atoms with Crippen LogP contribution in [0.3, 0.4) is 0 Å². The van der Waals surface area contributed by atoms with E-state index in [2.05, 4.69) is 44.5 Å². The summed E-state index contributed by atoms with van der Waals surface area (Å²) in [6.07, 6.45) is 0. The molecule has 5 heteroatoms. The number of ether oxygens (including phenoxy) is 1. The maximum absolute atomic E-state index is 5.17. The van der Waals surface area contributed by atoms with Gasteiger partial charge >= 0.3 is 0 Å². The highest BCUT2D eigenvalue weighted by molar-refractivity contribution is 7.12. The van der Waals surface area contributed by atoms with Gasteiger partial charge in [-0.1, -0.05) is 13.8 Å². The van der Waals surface area contributed by atoms with E-state index in [1.54, 1.807) is 18.4 Å². The Morgan fingerprint density at radius 2 is 2.10 bits per heavy atom. The van der Waals surface area contributed by atoms with E-state index >= 15 is 0 Å². The van der Waals surface area contributed by atoms with Gasteiger partial charge in [0, 0.05) is 28.8 Å². The van der Waals surface area contributed by atoms with Crippen molar-refractivity contribution in [2.75, 3.05) is 20.3 Å². The fraction of sp³-hybridized carbons (Fsp3) is 0.562. The molecule has 116 valence electrons. The standard InChI is InChI=1S/C16H24N2OS2/c1-10(2)14-9-20-16(18-14)15(17-6-7-19-5)13-8-11(3)21-12(13)4/h8-10,15,17H,6-7H2,1-5H3. The van der Waals surface area contributed by atoms with E-state index in [1.807, 2.05) is 11.3 Å². The van der Waals surface area contributed by atoms with Crippen LogP contribution in [0.4, 0.5) is 0 Å². The number of nitrogens with zero attached hydrogens (tertiary/aromatic N) is 1. The quantitative estimate of drug-likeness (QED) is 0.772. The predicted octanol–water partition coefficient (Wildman–Crippen LogP) is 4.27. The van der Waals surface area contributed by atoms with Crippen molar-refractivity contribution in [2.24, 2.45) is 0 Å². The summed E-state index contributed by atoms with van der Waals surface area (Å²) >= 11 is 3.60. The zero-order valence-electron chi connectivity index (χ0n) is 13.4. The van der Waals surface area contributed by atoms with Gasteiger partial charge in [0.15, 0.2) is 0 Å². The fourth-order valence-corrected chi connectivity index (χ4v) is 4.31. The average molecular weight is 325 g/mol. The van der Waals surface area contributed by atoms with Gasteiger partial charge in [0.1, 0.15) is 5.01 Å². The minimum absolute atomic E-state index is 0.169. The van der Waals surface area contributed by atoms with E-state index in [0.29, 0.717) is 12.5 Å². The highest BCUT2D eigenvalue weighted by Gasteiger charge is 2.21. The van der Waals surface area contributed by atoms with Gasteiger partial charge in [0.25, 0.3) is 0 Å². The molecule has 2 aromatic heterocycles. The van der Waals surface area contributed by atoms with Crippen molar-refractivity contribution in [3.63, 3.8) is 0 Å². The lowest BCUT2D eigenvalue weighted by molar-refractivity contribution is 0.197. The first kappa shape index (κ1) is 16.6. The Morgan fingerprint density at radius 1 is 1.33 bits per heavy atom. The third kappa shape index (κ3) is 4.13. The molecule has 0 aliphatic carbocycles. The summed E-state index contributed by atoms with van der Waals surface area (Å²) in [7, 11) is 1.73. The lowest BCUT2D eigenvalue weighted by atomic mass is 10.1. The summed E-state index contributed by atoms with van der Waals surface area (Å²) in [5.74, 6) is 0.472. The first-order chi connectivity index (χ1) is 10.0. The van der Waals surface area contributed by atoms with Gasteiger partial charge in [0.2, 0.25) is 0 Å². The Kier molecular flexibility index (Phi) is 5.93. The molecule has 0 spiro atoms. The molecular weight excluding hydrogens is 300 g/mol. The number of thiophene rings is 1. The number of methoxy groups -OCH3 is 1. The largest absolute Gasteiger partial charge is 0.383 e. The second-order valence-corrected chi connectivity index (χ2v) is 7.86. The molecule has 0 saturated heterocycles. The van der Waals surface area contributed by atoms with Crippen LogP contribution < -0.4 is 5.32 Å². The molecule has 2 rings (SSSR count). The van der Waals surface area contributed by atoms with Crippen molar-refractivity contribution in [1.82, 2.24) is 10.3 Å². The first-order valence-corrected chi connectivity index (χ1v) is 8.97. The van der Waals surface area contributed by atoms with Crippen molar-refractivity contribution >= 4 is 22.7 Å². The number of thiazole rings is 1. The summed E-state index contributed by atoms with van der Waals surface area (Å²) in [5.41, 5.74) is 2.52. The van der Waals surface area contributed by atoms with Gasteiger partial charge in [-0.2, -0.15) is 0 Å². The second-order valence-electron chi connectivity index (χ2n) is 5.51. The number of rotatable bonds is 7. The molecule has 0 fully saturated rings. The summed E-state index contributed by atoms with van der Waals surface area (Å²) in [6, 6.07) is 2.45. The van der Waals surface area contributed by atoms with Crippen molar-refractivity contribution < 1.29 is 4.74 Å². The van der Waals surface area contributed by atoms with Gasteiger partial charge in [0.05, 0.1) is 18.3 Å². The van der Waals surface area contributed by atoms with Crippen molar-refractivity contribution in [1.29, 1.82) is 0 Å². The van der Waals surface area contributed by atoms with Crippen molar-refractivity contribution in [3.05, 3.63) is 37.5 Å². The van der Waals surface area contributed by atoms with E-state index in [9.17, 15) is 0 Å². The Morgan fingerprint density at radius 3 is 2.62 bits per heavy atom. The maximum atomic E-state index is 5.17. The molecule has 0 aliphatic heterocycles. The molecule has 1 unspecified atom stereocenters. The smallest absolute Gasteiger partial charge is 0.114 e. The van der Waals surface area contributed by atoms with Gasteiger partial charge < -0.3 is 10.1 Å². The van der Waals surface area contributed by atoms with Gasteiger partial charge in [-0.05, 0) is 31.4 Å². The Balaban J connectivity index is 2.28. The molecule has 1 N–H and O–H groups in total. The number of hydrogen-bond acceptors (Lipinski definition) is 5. The summed E-state index contributed by atoms with van der Waals surface area (Å²) < 4.78 is 5.17. The Labute approximate surface area is 135 Å². The van der Waals surface area contributed by atoms with Crippen molar-refractivity contribution in [3.8, 4) is 0 Å². The summed E-state index contributed by atoms with van der Waals surface area (Å²) in [5, 5.41) is 6.92. The third-order valence-electron chi connectivity index (χ3n) is 3.42. The van der Waals surface area contributed by atoms with Crippen LogP contribution in [0.15, 0.2) is 11.4 Å². The van der Waals surface area contributed by atoms with Crippen LogP contribution in [-0.4, -0.2) is 25.2 Å². The van der Waals surface area contributed by atoms with E-state index in [-0.39, 0.29) is 6.04 Å². The molecule has 2 aromatic rings. The zero-order valence-corrected chi connectivity index (χ0v) is 15.0. The molecule has 0 aliphatic rings. The second kappa shape index (κ2) is 7.49. The molecular formula is C16H24N2OS2. The molecule has 0 bridgehead atoms. The van der Waals surface area contributed by atoms with Crippen LogP contribution >= 0.6 is 22.7 Å². The molecule has 0 aromatic carbocycles. The first-order valence-electron chi connectivity index (χ1n) is 7.27. The summed E-state index contributed by atoms with van der Waals surface area (Å²) in [6.45, 7) is 10.3. The van der Waals surface area contributed by atoms with Gasteiger partial charge in [-0.25, -0.2) is 4.98 Å². The zero-order chi connectivity index (χ0) is 15.4. The molecule has 0 amide bonds. The van der Waals surface area contributed by atoms with Gasteiger partial charge in [-0.3, -0.25) is 0 Å². The SMILES string of the molecule is COCCNC(c1nc(C(C)C)cs1)c1cc(C)sc1C. The number of hydrogen-bond donors (Lipinski definition) is 1. The Hall–Kier alpha value is -0.750. The van der Waals surface area contributed by atoms with Crippen molar-refractivity contribution in [2.45, 2.75) is 39.7 Å². The van der Waals surface area contributed by atoms with Crippen LogP contribution in [0.25, 0.3) is 0 Å². The molecule has 2 heterocycles.